The van der Waals surface area contributed by atoms with Gasteiger partial charge in [0.2, 0.25) is 0 Å². The predicted octanol–water partition coefficient (Wildman–Crippen LogP) is 5.40. The third-order valence-electron chi connectivity index (χ3n) is 4.48. The largest absolute Gasteiger partial charge is 0.387 e. The lowest BCUT2D eigenvalue weighted by molar-refractivity contribution is 0.0243. The summed E-state index contributed by atoms with van der Waals surface area (Å²) in [6.45, 7) is 0. The normalized spacial score (nSPS) is 18.1. The number of halogens is 3. The van der Waals surface area contributed by atoms with Crippen LogP contribution >= 0.6 is 27.5 Å². The van der Waals surface area contributed by atoms with Crippen molar-refractivity contribution in [2.75, 3.05) is 0 Å². The highest BCUT2D eigenvalue weighted by atomic mass is 79.9. The summed E-state index contributed by atoms with van der Waals surface area (Å²) < 4.78 is 14.9. The molecule has 1 N–H and O–H groups in total. The van der Waals surface area contributed by atoms with Gasteiger partial charge in [-0.1, -0.05) is 54.4 Å². The second kappa shape index (κ2) is 5.71. The molecule has 1 unspecified atom stereocenters. The van der Waals surface area contributed by atoms with E-state index in [1.807, 2.05) is 30.3 Å². The maximum Gasteiger partial charge on any atom is 0.148 e. The van der Waals surface area contributed by atoms with E-state index in [-0.39, 0.29) is 10.6 Å². The maximum absolute atomic E-state index is 14.4. The van der Waals surface area contributed by atoms with Gasteiger partial charge < -0.3 is 5.11 Å². The molecular weight excluding hydrogens is 355 g/mol. The Morgan fingerprint density at radius 3 is 2.38 bits per heavy atom. The number of hydrogen-bond acceptors (Lipinski definition) is 1. The molecule has 21 heavy (non-hydrogen) atoms. The molecule has 0 aliphatic heterocycles. The monoisotopic (exact) mass is 368 g/mol. The van der Waals surface area contributed by atoms with Crippen molar-refractivity contribution in [1.82, 2.24) is 0 Å². The van der Waals surface area contributed by atoms with Gasteiger partial charge in [-0.2, -0.15) is 0 Å². The van der Waals surface area contributed by atoms with Crippen LogP contribution in [0.5, 0.6) is 0 Å². The molecule has 1 saturated carbocycles. The predicted molar refractivity (Wildman–Crippen MR) is 86.0 cm³/mol. The molecule has 0 radical (unpaired) electrons. The average molecular weight is 370 g/mol. The fourth-order valence-electron chi connectivity index (χ4n) is 3.10. The highest BCUT2D eigenvalue weighted by Crippen LogP contribution is 2.52. The van der Waals surface area contributed by atoms with Crippen LogP contribution in [0.2, 0.25) is 5.02 Å². The minimum Gasteiger partial charge on any atom is -0.387 e. The summed E-state index contributed by atoms with van der Waals surface area (Å²) in [5.41, 5.74) is 0.924. The van der Waals surface area contributed by atoms with Gasteiger partial charge in [-0.15, -0.1) is 0 Å². The smallest absolute Gasteiger partial charge is 0.148 e. The molecule has 0 saturated heterocycles. The first-order valence-corrected chi connectivity index (χ1v) is 8.10. The second-order valence-corrected chi connectivity index (χ2v) is 6.78. The number of hydrogen-bond donors (Lipinski definition) is 1. The Hall–Kier alpha value is -0.900. The fourth-order valence-corrected chi connectivity index (χ4v) is 3.58. The molecule has 4 heteroatoms. The maximum atomic E-state index is 14.4. The zero-order valence-electron chi connectivity index (χ0n) is 11.3. The summed E-state index contributed by atoms with van der Waals surface area (Å²) in [5, 5.41) is 10.8. The Morgan fingerprint density at radius 1 is 1.14 bits per heavy atom. The zero-order chi connectivity index (χ0) is 15.0. The fraction of sp³-hybridized carbons (Fsp3) is 0.294. The van der Waals surface area contributed by atoms with E-state index in [2.05, 4.69) is 15.9 Å². The SMILES string of the molecule is OC(c1ccc(Br)c(Cl)c1F)C1(c2ccccc2)CCC1. The average Bonchev–Trinajstić information content (AvgIpc) is 2.45. The van der Waals surface area contributed by atoms with Gasteiger partial charge in [-0.05, 0) is 40.4 Å². The summed E-state index contributed by atoms with van der Waals surface area (Å²) in [7, 11) is 0. The Bertz CT molecular complexity index is 655. The van der Waals surface area contributed by atoms with Crippen LogP contribution in [0.3, 0.4) is 0 Å². The van der Waals surface area contributed by atoms with Crippen LogP contribution in [0.4, 0.5) is 4.39 Å². The van der Waals surface area contributed by atoms with Gasteiger partial charge in [0.05, 0.1) is 11.1 Å². The van der Waals surface area contributed by atoms with Crippen LogP contribution in [0.1, 0.15) is 36.5 Å². The van der Waals surface area contributed by atoms with Gasteiger partial charge in [-0.3, -0.25) is 0 Å². The topological polar surface area (TPSA) is 20.2 Å². The van der Waals surface area contributed by atoms with Gasteiger partial charge in [-0.25, -0.2) is 4.39 Å². The molecule has 0 bridgehead atoms. The van der Waals surface area contributed by atoms with Crippen molar-refractivity contribution in [2.45, 2.75) is 30.8 Å². The lowest BCUT2D eigenvalue weighted by Crippen LogP contribution is -2.40. The molecule has 2 aromatic rings. The minimum absolute atomic E-state index is 0.0223. The Labute approximate surface area is 136 Å². The van der Waals surface area contributed by atoms with Crippen LogP contribution in [0.25, 0.3) is 0 Å². The van der Waals surface area contributed by atoms with E-state index < -0.39 is 17.3 Å². The van der Waals surface area contributed by atoms with E-state index in [9.17, 15) is 9.50 Å². The van der Waals surface area contributed by atoms with Crippen LogP contribution in [0.15, 0.2) is 46.9 Å². The van der Waals surface area contributed by atoms with Crippen LogP contribution in [-0.2, 0) is 5.41 Å². The minimum atomic E-state index is -0.890. The van der Waals surface area contributed by atoms with Crippen molar-refractivity contribution >= 4 is 27.5 Å². The highest BCUT2D eigenvalue weighted by Gasteiger charge is 2.46. The Kier molecular flexibility index (Phi) is 4.08. The van der Waals surface area contributed by atoms with Crippen LogP contribution in [0, 0.1) is 5.82 Å². The van der Waals surface area contributed by atoms with E-state index in [0.29, 0.717) is 4.47 Å². The summed E-state index contributed by atoms with van der Waals surface area (Å²) in [4.78, 5) is 0. The lowest BCUT2D eigenvalue weighted by atomic mass is 9.60. The van der Waals surface area contributed by atoms with E-state index in [0.717, 1.165) is 24.8 Å². The number of aliphatic hydroxyl groups is 1. The van der Waals surface area contributed by atoms with Gasteiger partial charge in [0.15, 0.2) is 0 Å². The summed E-state index contributed by atoms with van der Waals surface area (Å²) in [6.07, 6.45) is 1.85. The molecule has 0 aromatic heterocycles. The van der Waals surface area contributed by atoms with Crippen molar-refractivity contribution in [3.05, 3.63) is 68.9 Å². The molecule has 3 rings (SSSR count). The molecule has 0 spiro atoms. The van der Waals surface area contributed by atoms with Crippen molar-refractivity contribution in [3.8, 4) is 0 Å². The molecular formula is C17H15BrClFO. The first-order chi connectivity index (χ1) is 10.1. The summed E-state index contributed by atoms with van der Waals surface area (Å²) >= 11 is 9.15. The quantitative estimate of drug-likeness (QED) is 0.719. The van der Waals surface area contributed by atoms with E-state index in [1.54, 1.807) is 12.1 Å². The molecule has 1 nitrogen and oxygen atoms in total. The van der Waals surface area contributed by atoms with Crippen molar-refractivity contribution in [2.24, 2.45) is 0 Å². The molecule has 1 aliphatic rings. The van der Waals surface area contributed by atoms with Crippen molar-refractivity contribution < 1.29 is 9.50 Å². The molecule has 1 fully saturated rings. The van der Waals surface area contributed by atoms with Gasteiger partial charge in [0, 0.05) is 15.5 Å². The number of rotatable bonds is 3. The third-order valence-corrected chi connectivity index (χ3v) is 5.74. The Balaban J connectivity index is 2.05. The van der Waals surface area contributed by atoms with E-state index in [1.165, 1.54) is 0 Å². The van der Waals surface area contributed by atoms with Crippen LogP contribution < -0.4 is 0 Å². The van der Waals surface area contributed by atoms with Gasteiger partial charge in [0.1, 0.15) is 5.82 Å². The standard InChI is InChI=1S/C17H15BrClFO/c18-13-8-7-12(15(20)14(13)19)16(21)17(9-4-10-17)11-5-2-1-3-6-11/h1-3,5-8,16,21H,4,9-10H2. The van der Waals surface area contributed by atoms with Crippen molar-refractivity contribution in [1.29, 1.82) is 0 Å². The lowest BCUT2D eigenvalue weighted by Gasteiger charge is -2.46. The summed E-state index contributed by atoms with van der Waals surface area (Å²) in [5.74, 6) is -0.541. The van der Waals surface area contributed by atoms with Crippen molar-refractivity contribution in [3.63, 3.8) is 0 Å². The summed E-state index contributed by atoms with van der Waals surface area (Å²) in [6, 6.07) is 13.1. The van der Waals surface area contributed by atoms with E-state index in [4.69, 9.17) is 11.6 Å². The first kappa shape index (κ1) is 15.0. The van der Waals surface area contributed by atoms with Crippen LogP contribution in [-0.4, -0.2) is 5.11 Å². The number of benzene rings is 2. The Morgan fingerprint density at radius 2 is 1.81 bits per heavy atom. The molecule has 1 aliphatic carbocycles. The third kappa shape index (κ3) is 2.41. The molecule has 2 aromatic carbocycles. The molecule has 1 atom stereocenters. The second-order valence-electron chi connectivity index (χ2n) is 5.54. The zero-order valence-corrected chi connectivity index (χ0v) is 13.7. The first-order valence-electron chi connectivity index (χ1n) is 6.93. The molecule has 0 heterocycles. The van der Waals surface area contributed by atoms with Gasteiger partial charge in [0.25, 0.3) is 0 Å². The molecule has 110 valence electrons. The highest BCUT2D eigenvalue weighted by molar-refractivity contribution is 9.10. The molecule has 0 amide bonds. The van der Waals surface area contributed by atoms with E-state index >= 15 is 0 Å². The van der Waals surface area contributed by atoms with Gasteiger partial charge >= 0.3 is 0 Å². The number of aliphatic hydroxyl groups excluding tert-OH is 1.